The van der Waals surface area contributed by atoms with E-state index < -0.39 is 10.0 Å². The zero-order chi connectivity index (χ0) is 14.1. The highest BCUT2D eigenvalue weighted by molar-refractivity contribution is 7.89. The minimum atomic E-state index is -3.05. The van der Waals surface area contributed by atoms with E-state index in [0.29, 0.717) is 12.5 Å². The monoisotopic (exact) mass is 292 g/mol. The van der Waals surface area contributed by atoms with E-state index in [9.17, 15) is 8.42 Å². The molecular formula is C13H28N2O3S. The quantitative estimate of drug-likeness (QED) is 0.690. The van der Waals surface area contributed by atoms with Gasteiger partial charge in [0, 0.05) is 20.2 Å². The summed E-state index contributed by atoms with van der Waals surface area (Å²) in [5.74, 6) is 0.742. The lowest BCUT2D eigenvalue weighted by Crippen LogP contribution is -2.40. The molecule has 0 atom stereocenters. The summed E-state index contributed by atoms with van der Waals surface area (Å²) in [5.41, 5.74) is 0. The van der Waals surface area contributed by atoms with Gasteiger partial charge in [0.2, 0.25) is 10.0 Å². The number of ether oxygens (including phenoxy) is 1. The third-order valence-electron chi connectivity index (χ3n) is 3.68. The third-order valence-corrected chi connectivity index (χ3v) is 5.11. The summed E-state index contributed by atoms with van der Waals surface area (Å²) in [6, 6.07) is 0. The number of likely N-dealkylation sites (tertiary alicyclic amines) is 1. The second-order valence-electron chi connectivity index (χ2n) is 5.30. The molecule has 114 valence electrons. The minimum absolute atomic E-state index is 0.260. The Kier molecular flexibility index (Phi) is 7.90. The van der Waals surface area contributed by atoms with Crippen LogP contribution in [0.3, 0.4) is 0 Å². The molecule has 19 heavy (non-hydrogen) atoms. The third kappa shape index (κ3) is 7.25. The molecule has 0 aromatic rings. The highest BCUT2D eigenvalue weighted by atomic mass is 32.2. The lowest BCUT2D eigenvalue weighted by atomic mass is 9.97. The molecule has 5 nitrogen and oxygen atoms in total. The van der Waals surface area contributed by atoms with Gasteiger partial charge in [-0.1, -0.05) is 13.3 Å². The van der Waals surface area contributed by atoms with Crippen LogP contribution in [-0.4, -0.2) is 59.0 Å². The topological polar surface area (TPSA) is 58.6 Å². The van der Waals surface area contributed by atoms with E-state index >= 15 is 0 Å². The maximum absolute atomic E-state index is 11.7. The Morgan fingerprint density at radius 2 is 2.00 bits per heavy atom. The molecule has 1 N–H and O–H groups in total. The van der Waals surface area contributed by atoms with Crippen molar-refractivity contribution in [2.24, 2.45) is 5.92 Å². The van der Waals surface area contributed by atoms with Crippen molar-refractivity contribution in [2.45, 2.75) is 32.6 Å². The number of nitrogens with zero attached hydrogens (tertiary/aromatic N) is 1. The molecule has 0 aliphatic carbocycles. The number of sulfonamides is 1. The van der Waals surface area contributed by atoms with Gasteiger partial charge in [-0.3, -0.25) is 0 Å². The van der Waals surface area contributed by atoms with Crippen molar-refractivity contribution in [1.82, 2.24) is 9.62 Å². The van der Waals surface area contributed by atoms with Crippen molar-refractivity contribution in [1.29, 1.82) is 0 Å². The van der Waals surface area contributed by atoms with E-state index in [4.69, 9.17) is 4.74 Å². The molecule has 1 heterocycles. The minimum Gasteiger partial charge on any atom is -0.383 e. The van der Waals surface area contributed by atoms with Gasteiger partial charge in [-0.05, 0) is 38.3 Å². The van der Waals surface area contributed by atoms with Crippen LogP contribution in [0.15, 0.2) is 0 Å². The number of methoxy groups -OCH3 is 1. The van der Waals surface area contributed by atoms with Crippen molar-refractivity contribution in [2.75, 3.05) is 45.6 Å². The van der Waals surface area contributed by atoms with Crippen LogP contribution in [0, 0.1) is 5.92 Å². The zero-order valence-electron chi connectivity index (χ0n) is 12.2. The van der Waals surface area contributed by atoms with Gasteiger partial charge in [-0.25, -0.2) is 13.1 Å². The normalized spacial score (nSPS) is 18.8. The second kappa shape index (κ2) is 8.89. The number of rotatable bonds is 9. The van der Waals surface area contributed by atoms with Gasteiger partial charge < -0.3 is 9.64 Å². The van der Waals surface area contributed by atoms with Crippen LogP contribution < -0.4 is 4.72 Å². The summed E-state index contributed by atoms with van der Waals surface area (Å²) >= 11 is 0. The summed E-state index contributed by atoms with van der Waals surface area (Å²) in [5, 5.41) is 0. The Hall–Kier alpha value is -0.170. The van der Waals surface area contributed by atoms with Crippen LogP contribution in [0.4, 0.5) is 0 Å². The molecule has 0 aromatic carbocycles. The van der Waals surface area contributed by atoms with Crippen molar-refractivity contribution in [3.63, 3.8) is 0 Å². The van der Waals surface area contributed by atoms with Crippen molar-refractivity contribution in [3.8, 4) is 0 Å². The molecule has 1 aliphatic rings. The lowest BCUT2D eigenvalue weighted by molar-refractivity contribution is 0.121. The van der Waals surface area contributed by atoms with Gasteiger partial charge in [-0.15, -0.1) is 0 Å². The molecule has 1 aliphatic heterocycles. The van der Waals surface area contributed by atoms with Crippen molar-refractivity contribution < 1.29 is 13.2 Å². The molecule has 6 heteroatoms. The fourth-order valence-electron chi connectivity index (χ4n) is 2.29. The summed E-state index contributed by atoms with van der Waals surface area (Å²) in [4.78, 5) is 2.38. The molecule has 1 saturated heterocycles. The zero-order valence-corrected chi connectivity index (χ0v) is 13.0. The standard InChI is InChI=1S/C13H28N2O3S/c1-3-4-11-19(16,17)14-12-13-5-7-15(8-6-13)9-10-18-2/h13-14H,3-12H2,1-2H3. The first-order valence-electron chi connectivity index (χ1n) is 7.26. The largest absolute Gasteiger partial charge is 0.383 e. The van der Waals surface area contributed by atoms with Gasteiger partial charge in [0.15, 0.2) is 0 Å². The maximum atomic E-state index is 11.7. The molecule has 0 saturated carbocycles. The number of unbranched alkanes of at least 4 members (excludes halogenated alkanes) is 1. The van der Waals surface area contributed by atoms with Crippen LogP contribution in [-0.2, 0) is 14.8 Å². The molecule has 0 radical (unpaired) electrons. The highest BCUT2D eigenvalue weighted by Crippen LogP contribution is 2.16. The Balaban J connectivity index is 2.18. The fourth-order valence-corrected chi connectivity index (χ4v) is 3.59. The number of piperidine rings is 1. The van der Waals surface area contributed by atoms with E-state index in [1.54, 1.807) is 7.11 Å². The molecule has 0 amide bonds. The Morgan fingerprint density at radius 1 is 1.32 bits per heavy atom. The van der Waals surface area contributed by atoms with E-state index in [1.807, 2.05) is 6.92 Å². The molecule has 0 aromatic heterocycles. The SMILES string of the molecule is CCCCS(=O)(=O)NCC1CCN(CCOC)CC1. The molecule has 0 spiro atoms. The van der Waals surface area contributed by atoms with Gasteiger partial charge in [0.05, 0.1) is 12.4 Å². The number of hydrogen-bond acceptors (Lipinski definition) is 4. The average Bonchev–Trinajstić information content (AvgIpc) is 2.42. The van der Waals surface area contributed by atoms with Gasteiger partial charge in [0.1, 0.15) is 0 Å². The van der Waals surface area contributed by atoms with Crippen LogP contribution in [0.2, 0.25) is 0 Å². The number of nitrogens with one attached hydrogen (secondary N) is 1. The van der Waals surface area contributed by atoms with E-state index in [1.165, 1.54) is 0 Å². The highest BCUT2D eigenvalue weighted by Gasteiger charge is 2.20. The van der Waals surface area contributed by atoms with E-state index in [2.05, 4.69) is 9.62 Å². The number of hydrogen-bond donors (Lipinski definition) is 1. The first-order chi connectivity index (χ1) is 9.07. The second-order valence-corrected chi connectivity index (χ2v) is 7.23. The lowest BCUT2D eigenvalue weighted by Gasteiger charge is -2.31. The van der Waals surface area contributed by atoms with Gasteiger partial charge in [0.25, 0.3) is 0 Å². The maximum Gasteiger partial charge on any atom is 0.211 e. The van der Waals surface area contributed by atoms with Crippen LogP contribution in [0.1, 0.15) is 32.6 Å². The fraction of sp³-hybridized carbons (Fsp3) is 1.00. The molecule has 0 unspecified atom stereocenters. The van der Waals surface area contributed by atoms with Crippen molar-refractivity contribution in [3.05, 3.63) is 0 Å². The predicted octanol–water partition coefficient (Wildman–Crippen LogP) is 1.06. The van der Waals surface area contributed by atoms with E-state index in [0.717, 1.165) is 51.9 Å². The first-order valence-corrected chi connectivity index (χ1v) is 8.91. The predicted molar refractivity (Wildman–Crippen MR) is 77.7 cm³/mol. The van der Waals surface area contributed by atoms with Crippen molar-refractivity contribution >= 4 is 10.0 Å². The summed E-state index contributed by atoms with van der Waals surface area (Å²) in [6.07, 6.45) is 3.80. The van der Waals surface area contributed by atoms with Gasteiger partial charge in [-0.2, -0.15) is 0 Å². The smallest absolute Gasteiger partial charge is 0.211 e. The Morgan fingerprint density at radius 3 is 2.58 bits per heavy atom. The Labute approximate surface area is 117 Å². The van der Waals surface area contributed by atoms with Crippen LogP contribution in [0.5, 0.6) is 0 Å². The van der Waals surface area contributed by atoms with Crippen LogP contribution in [0.25, 0.3) is 0 Å². The Bertz CT molecular complexity index is 325. The van der Waals surface area contributed by atoms with E-state index in [-0.39, 0.29) is 5.75 Å². The molecular weight excluding hydrogens is 264 g/mol. The molecule has 1 fully saturated rings. The molecule has 0 bridgehead atoms. The average molecular weight is 292 g/mol. The van der Waals surface area contributed by atoms with Crippen LogP contribution >= 0.6 is 0 Å². The summed E-state index contributed by atoms with van der Waals surface area (Å²) in [7, 11) is -1.33. The first kappa shape index (κ1) is 16.9. The summed E-state index contributed by atoms with van der Waals surface area (Å²) in [6.45, 7) is 6.45. The van der Waals surface area contributed by atoms with Gasteiger partial charge >= 0.3 is 0 Å². The summed E-state index contributed by atoms with van der Waals surface area (Å²) < 4.78 is 31.2. The molecule has 1 rings (SSSR count).